The summed E-state index contributed by atoms with van der Waals surface area (Å²) in [6, 6.07) is 11.1. The molecule has 0 atom stereocenters. The molecule has 0 saturated heterocycles. The van der Waals surface area contributed by atoms with E-state index in [-0.39, 0.29) is 0 Å². The summed E-state index contributed by atoms with van der Waals surface area (Å²) in [6.45, 7) is 3.80. The first-order valence-corrected chi connectivity index (χ1v) is 7.55. The molecule has 21 heavy (non-hydrogen) atoms. The van der Waals surface area contributed by atoms with Gasteiger partial charge in [-0.2, -0.15) is 0 Å². The number of carbonyl (C=O) groups is 1. The van der Waals surface area contributed by atoms with Crippen LogP contribution in [0.15, 0.2) is 46.9 Å². The molecule has 0 aromatic heterocycles. The maximum Gasteiger partial charge on any atom is 0.336 e. The van der Waals surface area contributed by atoms with Crippen LogP contribution < -0.4 is 4.74 Å². The lowest BCUT2D eigenvalue weighted by Gasteiger charge is -2.09. The molecule has 0 aliphatic rings. The Kier molecular flexibility index (Phi) is 5.21. The van der Waals surface area contributed by atoms with Gasteiger partial charge in [0, 0.05) is 15.6 Å². The fraction of sp³-hybridized carbons (Fsp3) is 0.118. The molecule has 2 aromatic rings. The third-order valence-electron chi connectivity index (χ3n) is 2.93. The van der Waals surface area contributed by atoms with Gasteiger partial charge in [0.2, 0.25) is 0 Å². The van der Waals surface area contributed by atoms with Gasteiger partial charge in [0.25, 0.3) is 0 Å². The molecular formula is C17H14BrClO2. The Hall–Kier alpha value is -1.58. The highest BCUT2D eigenvalue weighted by atomic mass is 79.9. The summed E-state index contributed by atoms with van der Waals surface area (Å²) < 4.78 is 6.36. The van der Waals surface area contributed by atoms with Crippen molar-refractivity contribution in [1.29, 1.82) is 0 Å². The number of ether oxygens (including phenoxy) is 1. The number of esters is 1. The molecule has 0 amide bonds. The second-order valence-corrected chi connectivity index (χ2v) is 5.97. The molecule has 0 fully saturated rings. The first-order chi connectivity index (χ1) is 9.97. The van der Waals surface area contributed by atoms with Gasteiger partial charge in [0.15, 0.2) is 0 Å². The van der Waals surface area contributed by atoms with E-state index in [2.05, 4.69) is 15.9 Å². The van der Waals surface area contributed by atoms with E-state index in [1.54, 1.807) is 12.1 Å². The lowest BCUT2D eigenvalue weighted by atomic mass is 10.1. The van der Waals surface area contributed by atoms with E-state index in [0.717, 1.165) is 21.2 Å². The van der Waals surface area contributed by atoms with Crippen LogP contribution in [-0.2, 0) is 4.79 Å². The lowest BCUT2D eigenvalue weighted by molar-refractivity contribution is -0.129. The molecule has 2 aromatic carbocycles. The van der Waals surface area contributed by atoms with Gasteiger partial charge < -0.3 is 4.74 Å². The largest absolute Gasteiger partial charge is 0.423 e. The Morgan fingerprint density at radius 1 is 1.19 bits per heavy atom. The van der Waals surface area contributed by atoms with Crippen molar-refractivity contribution >= 4 is 39.6 Å². The Morgan fingerprint density at radius 3 is 2.43 bits per heavy atom. The van der Waals surface area contributed by atoms with Crippen LogP contribution in [0.25, 0.3) is 6.08 Å². The van der Waals surface area contributed by atoms with Gasteiger partial charge in [-0.15, -0.1) is 0 Å². The summed E-state index contributed by atoms with van der Waals surface area (Å²) >= 11 is 9.44. The van der Waals surface area contributed by atoms with Crippen LogP contribution in [0, 0.1) is 13.8 Å². The molecule has 108 valence electrons. The lowest BCUT2D eigenvalue weighted by Crippen LogP contribution is -2.06. The van der Waals surface area contributed by atoms with E-state index in [9.17, 15) is 4.79 Å². The quantitative estimate of drug-likeness (QED) is 0.417. The van der Waals surface area contributed by atoms with Crippen molar-refractivity contribution in [3.05, 3.63) is 68.7 Å². The van der Waals surface area contributed by atoms with Gasteiger partial charge in [-0.3, -0.25) is 0 Å². The molecule has 0 radical (unpaired) electrons. The minimum atomic E-state index is -0.427. The van der Waals surface area contributed by atoms with Crippen LogP contribution >= 0.6 is 27.5 Å². The third-order valence-corrected chi connectivity index (χ3v) is 3.73. The van der Waals surface area contributed by atoms with E-state index in [1.165, 1.54) is 6.08 Å². The Morgan fingerprint density at radius 2 is 1.81 bits per heavy atom. The first kappa shape index (κ1) is 15.8. The minimum Gasteiger partial charge on any atom is -0.423 e. The summed E-state index contributed by atoms with van der Waals surface area (Å²) in [5, 5.41) is 0.595. The average Bonchev–Trinajstić information content (AvgIpc) is 2.42. The second kappa shape index (κ2) is 6.92. The zero-order valence-corrected chi connectivity index (χ0v) is 14.0. The average molecular weight is 366 g/mol. The van der Waals surface area contributed by atoms with E-state index >= 15 is 0 Å². The highest BCUT2D eigenvalue weighted by Gasteiger charge is 2.09. The van der Waals surface area contributed by atoms with Crippen molar-refractivity contribution in [3.63, 3.8) is 0 Å². The van der Waals surface area contributed by atoms with Gasteiger partial charge in [0.1, 0.15) is 5.75 Å². The Labute approximate surface area is 137 Å². The number of rotatable bonds is 3. The van der Waals surface area contributed by atoms with E-state index < -0.39 is 5.97 Å². The number of hydrogen-bond acceptors (Lipinski definition) is 2. The van der Waals surface area contributed by atoms with Gasteiger partial charge >= 0.3 is 5.97 Å². The molecule has 0 saturated carbocycles. The summed E-state index contributed by atoms with van der Waals surface area (Å²) in [7, 11) is 0. The Bertz CT molecular complexity index is 685. The van der Waals surface area contributed by atoms with Crippen LogP contribution in [0.2, 0.25) is 5.02 Å². The fourth-order valence-corrected chi connectivity index (χ4v) is 2.85. The topological polar surface area (TPSA) is 26.3 Å². The van der Waals surface area contributed by atoms with Crippen LogP contribution in [0.4, 0.5) is 0 Å². The van der Waals surface area contributed by atoms with Gasteiger partial charge in [0.05, 0.1) is 0 Å². The molecule has 0 unspecified atom stereocenters. The second-order valence-electron chi connectivity index (χ2n) is 4.64. The standard InChI is InChI=1S/C17H14BrClO2/c1-11-9-14(18)10-12(2)17(11)21-16(20)8-7-13-5-3-4-6-15(13)19/h3-10H,1-2H3. The van der Waals surface area contributed by atoms with Crippen molar-refractivity contribution in [2.75, 3.05) is 0 Å². The molecule has 2 rings (SSSR count). The molecule has 0 aliphatic heterocycles. The normalized spacial score (nSPS) is 10.9. The first-order valence-electron chi connectivity index (χ1n) is 6.38. The van der Waals surface area contributed by atoms with Crippen LogP contribution in [0.3, 0.4) is 0 Å². The molecule has 2 nitrogen and oxygen atoms in total. The van der Waals surface area contributed by atoms with Gasteiger partial charge in [-0.25, -0.2) is 4.79 Å². The zero-order chi connectivity index (χ0) is 15.4. The summed E-state index contributed by atoms with van der Waals surface area (Å²) in [4.78, 5) is 11.9. The SMILES string of the molecule is Cc1cc(Br)cc(C)c1OC(=O)C=Cc1ccccc1Cl. The Balaban J connectivity index is 2.15. The minimum absolute atomic E-state index is 0.427. The third kappa shape index (κ3) is 4.19. The number of hydrogen-bond donors (Lipinski definition) is 0. The monoisotopic (exact) mass is 364 g/mol. The molecule has 0 heterocycles. The molecule has 0 spiro atoms. The van der Waals surface area contributed by atoms with Crippen molar-refractivity contribution in [1.82, 2.24) is 0 Å². The highest BCUT2D eigenvalue weighted by Crippen LogP contribution is 2.27. The molecule has 4 heteroatoms. The van der Waals surface area contributed by atoms with Crippen LogP contribution in [-0.4, -0.2) is 5.97 Å². The predicted molar refractivity (Wildman–Crippen MR) is 89.7 cm³/mol. The van der Waals surface area contributed by atoms with Crippen LogP contribution in [0.5, 0.6) is 5.75 Å². The number of halogens is 2. The number of benzene rings is 2. The number of carbonyl (C=O) groups excluding carboxylic acids is 1. The molecule has 0 N–H and O–H groups in total. The fourth-order valence-electron chi connectivity index (χ4n) is 1.96. The van der Waals surface area contributed by atoms with E-state index in [0.29, 0.717) is 10.8 Å². The van der Waals surface area contributed by atoms with Crippen molar-refractivity contribution in [2.24, 2.45) is 0 Å². The van der Waals surface area contributed by atoms with E-state index in [1.807, 2.05) is 44.2 Å². The smallest absolute Gasteiger partial charge is 0.336 e. The highest BCUT2D eigenvalue weighted by molar-refractivity contribution is 9.10. The van der Waals surface area contributed by atoms with Crippen LogP contribution in [0.1, 0.15) is 16.7 Å². The van der Waals surface area contributed by atoms with Gasteiger partial charge in [-0.05, 0) is 54.8 Å². The predicted octanol–water partition coefficient (Wildman–Crippen LogP) is 5.34. The zero-order valence-electron chi connectivity index (χ0n) is 11.7. The van der Waals surface area contributed by atoms with Crippen molar-refractivity contribution in [3.8, 4) is 5.75 Å². The molecule has 0 aliphatic carbocycles. The number of aryl methyl sites for hydroxylation is 2. The molecular weight excluding hydrogens is 352 g/mol. The van der Waals surface area contributed by atoms with Gasteiger partial charge in [-0.1, -0.05) is 45.7 Å². The summed E-state index contributed by atoms with van der Waals surface area (Å²) in [5.74, 6) is 0.162. The maximum atomic E-state index is 11.9. The van der Waals surface area contributed by atoms with E-state index in [4.69, 9.17) is 16.3 Å². The summed E-state index contributed by atoms with van der Waals surface area (Å²) in [5.41, 5.74) is 2.59. The van der Waals surface area contributed by atoms with Crippen molar-refractivity contribution in [2.45, 2.75) is 13.8 Å². The summed E-state index contributed by atoms with van der Waals surface area (Å²) in [6.07, 6.45) is 3.02. The molecule has 0 bridgehead atoms. The van der Waals surface area contributed by atoms with Crippen molar-refractivity contribution < 1.29 is 9.53 Å². The maximum absolute atomic E-state index is 11.9.